The van der Waals surface area contributed by atoms with Crippen molar-refractivity contribution < 1.29 is 9.21 Å². The van der Waals surface area contributed by atoms with E-state index < -0.39 is 0 Å². The lowest BCUT2D eigenvalue weighted by Crippen LogP contribution is -2.40. The molecule has 0 spiro atoms. The zero-order chi connectivity index (χ0) is 20.4. The number of benzene rings is 1. The Morgan fingerprint density at radius 3 is 2.90 bits per heavy atom. The van der Waals surface area contributed by atoms with E-state index in [9.17, 15) is 4.79 Å². The summed E-state index contributed by atoms with van der Waals surface area (Å²) >= 11 is 6.07. The van der Waals surface area contributed by atoms with Gasteiger partial charge in [-0.15, -0.1) is 0 Å². The van der Waals surface area contributed by atoms with Gasteiger partial charge in [0.05, 0.1) is 11.9 Å². The van der Waals surface area contributed by atoms with Crippen LogP contribution < -0.4 is 0 Å². The minimum atomic E-state index is -0.124. The number of carbonyl (C=O) groups is 1. The molecule has 0 bridgehead atoms. The molecule has 1 amide bonds. The van der Waals surface area contributed by atoms with E-state index in [4.69, 9.17) is 16.0 Å². The molecule has 0 aliphatic carbocycles. The molecule has 3 heterocycles. The maximum Gasteiger partial charge on any atom is 0.244 e. The van der Waals surface area contributed by atoms with Gasteiger partial charge in [-0.2, -0.15) is 5.10 Å². The summed E-state index contributed by atoms with van der Waals surface area (Å²) in [6.07, 6.45) is 5.30. The maximum atomic E-state index is 13.0. The summed E-state index contributed by atoms with van der Waals surface area (Å²) in [4.78, 5) is 19.4. The van der Waals surface area contributed by atoms with Crippen LogP contribution in [-0.4, -0.2) is 32.1 Å². The van der Waals surface area contributed by atoms with Crippen molar-refractivity contribution in [3.05, 3.63) is 70.2 Å². The molecule has 29 heavy (non-hydrogen) atoms. The van der Waals surface area contributed by atoms with Crippen LogP contribution in [0.4, 0.5) is 0 Å². The number of hydrogen-bond acceptors (Lipinski definition) is 4. The number of aromatic nitrogens is 3. The first-order chi connectivity index (χ1) is 14.0. The largest absolute Gasteiger partial charge is 0.443 e. The van der Waals surface area contributed by atoms with Gasteiger partial charge in [-0.1, -0.05) is 23.7 Å². The van der Waals surface area contributed by atoms with Crippen LogP contribution in [-0.2, 0) is 17.8 Å². The summed E-state index contributed by atoms with van der Waals surface area (Å²) in [6.45, 7) is 4.87. The van der Waals surface area contributed by atoms with Crippen LogP contribution in [0.5, 0.6) is 0 Å². The summed E-state index contributed by atoms with van der Waals surface area (Å²) in [5.41, 5.74) is 2.98. The highest BCUT2D eigenvalue weighted by molar-refractivity contribution is 6.30. The number of piperidine rings is 1. The van der Waals surface area contributed by atoms with Gasteiger partial charge < -0.3 is 9.32 Å². The Balaban J connectivity index is 1.49. The minimum Gasteiger partial charge on any atom is -0.443 e. The molecule has 1 saturated heterocycles. The molecule has 1 aliphatic heterocycles. The number of carbonyl (C=O) groups excluding carboxylic acids is 1. The molecule has 1 atom stereocenters. The number of amides is 1. The van der Waals surface area contributed by atoms with Gasteiger partial charge in [-0.05, 0) is 56.9 Å². The Hall–Kier alpha value is -2.60. The van der Waals surface area contributed by atoms with Crippen LogP contribution >= 0.6 is 11.6 Å². The Bertz CT molecular complexity index is 1010. The van der Waals surface area contributed by atoms with E-state index in [1.54, 1.807) is 10.9 Å². The smallest absolute Gasteiger partial charge is 0.244 e. The molecule has 1 fully saturated rings. The molecule has 1 unspecified atom stereocenters. The highest BCUT2D eigenvalue weighted by Crippen LogP contribution is 2.31. The lowest BCUT2D eigenvalue weighted by atomic mass is 10.0. The third kappa shape index (κ3) is 4.53. The molecule has 0 N–H and O–H groups in total. The predicted molar refractivity (Wildman–Crippen MR) is 111 cm³/mol. The molecule has 2 aromatic heterocycles. The van der Waals surface area contributed by atoms with Gasteiger partial charge in [-0.25, -0.2) is 4.98 Å². The van der Waals surface area contributed by atoms with Gasteiger partial charge in [0.25, 0.3) is 0 Å². The van der Waals surface area contributed by atoms with Crippen molar-refractivity contribution in [3.8, 4) is 0 Å². The van der Waals surface area contributed by atoms with Crippen LogP contribution in [0, 0.1) is 13.8 Å². The number of hydrogen-bond donors (Lipinski definition) is 0. The molecule has 0 saturated carbocycles. The zero-order valence-corrected chi connectivity index (χ0v) is 17.5. The average molecular weight is 413 g/mol. The van der Waals surface area contributed by atoms with Gasteiger partial charge in [0, 0.05) is 23.7 Å². The molecule has 4 rings (SSSR count). The molecule has 152 valence electrons. The highest BCUT2D eigenvalue weighted by Gasteiger charge is 2.31. The quantitative estimate of drug-likeness (QED) is 0.619. The highest BCUT2D eigenvalue weighted by atomic mass is 35.5. The van der Waals surface area contributed by atoms with E-state index in [0.717, 1.165) is 48.5 Å². The Morgan fingerprint density at radius 2 is 2.14 bits per heavy atom. The summed E-state index contributed by atoms with van der Waals surface area (Å²) in [7, 11) is 0. The molecule has 3 aromatic rings. The van der Waals surface area contributed by atoms with Crippen LogP contribution in [0.1, 0.15) is 53.9 Å². The predicted octanol–water partition coefficient (Wildman–Crippen LogP) is 4.49. The van der Waals surface area contributed by atoms with Crippen molar-refractivity contribution in [2.45, 2.75) is 52.1 Å². The fourth-order valence-electron chi connectivity index (χ4n) is 3.95. The number of aryl methyl sites for hydroxylation is 2. The van der Waals surface area contributed by atoms with E-state index in [1.165, 1.54) is 0 Å². The summed E-state index contributed by atoms with van der Waals surface area (Å²) in [6, 6.07) is 9.58. The van der Waals surface area contributed by atoms with Crippen LogP contribution in [0.15, 0.2) is 40.9 Å². The van der Waals surface area contributed by atoms with Crippen molar-refractivity contribution in [3.63, 3.8) is 0 Å². The maximum absolute atomic E-state index is 13.0. The fraction of sp³-hybridized carbons (Fsp3) is 0.409. The summed E-state index contributed by atoms with van der Waals surface area (Å²) < 4.78 is 7.82. The van der Waals surface area contributed by atoms with Crippen molar-refractivity contribution in [2.24, 2.45) is 0 Å². The fourth-order valence-corrected chi connectivity index (χ4v) is 4.16. The molecule has 0 radical (unpaired) electrons. The van der Waals surface area contributed by atoms with Crippen molar-refractivity contribution >= 4 is 17.5 Å². The number of rotatable bonds is 5. The number of likely N-dealkylation sites (tertiary alicyclic amines) is 1. The van der Waals surface area contributed by atoms with Crippen molar-refractivity contribution in [1.82, 2.24) is 19.7 Å². The summed E-state index contributed by atoms with van der Waals surface area (Å²) in [5, 5.41) is 5.12. The van der Waals surface area contributed by atoms with E-state index in [2.05, 4.69) is 10.1 Å². The first kappa shape index (κ1) is 19.7. The van der Waals surface area contributed by atoms with Crippen molar-refractivity contribution in [2.75, 3.05) is 6.54 Å². The second-order valence-corrected chi connectivity index (χ2v) is 8.09. The van der Waals surface area contributed by atoms with Gasteiger partial charge in [0.2, 0.25) is 11.8 Å². The van der Waals surface area contributed by atoms with Gasteiger partial charge in [0.15, 0.2) is 0 Å². The first-order valence-electron chi connectivity index (χ1n) is 9.99. The minimum absolute atomic E-state index is 0.0514. The second kappa shape index (κ2) is 8.41. The zero-order valence-electron chi connectivity index (χ0n) is 16.8. The van der Waals surface area contributed by atoms with E-state index in [1.807, 2.05) is 49.1 Å². The lowest BCUT2D eigenvalue weighted by Gasteiger charge is -2.33. The molecular formula is C22H25ClN4O2. The third-order valence-corrected chi connectivity index (χ3v) is 5.57. The Kier molecular flexibility index (Phi) is 5.72. The van der Waals surface area contributed by atoms with Crippen LogP contribution in [0.3, 0.4) is 0 Å². The number of nitrogens with zero attached hydrogens (tertiary/aromatic N) is 4. The third-order valence-electron chi connectivity index (χ3n) is 5.34. The van der Waals surface area contributed by atoms with E-state index in [0.29, 0.717) is 17.3 Å². The number of halogens is 1. The van der Waals surface area contributed by atoms with Gasteiger partial charge in [-0.3, -0.25) is 9.48 Å². The first-order valence-corrected chi connectivity index (χ1v) is 10.4. The van der Waals surface area contributed by atoms with Crippen molar-refractivity contribution in [1.29, 1.82) is 0 Å². The monoisotopic (exact) mass is 412 g/mol. The van der Waals surface area contributed by atoms with Crippen LogP contribution in [0.2, 0.25) is 5.02 Å². The number of oxazole rings is 1. The average Bonchev–Trinajstić information content (AvgIpc) is 3.27. The molecule has 1 aliphatic rings. The molecular weight excluding hydrogens is 388 g/mol. The van der Waals surface area contributed by atoms with Crippen LogP contribution in [0.25, 0.3) is 0 Å². The normalized spacial score (nSPS) is 16.9. The SMILES string of the molecule is Cc1cc(C)n(CC(=O)N2CCCCC2c2ncc(Cc3cccc(Cl)c3)o2)n1. The van der Waals surface area contributed by atoms with E-state index in [-0.39, 0.29) is 18.5 Å². The Labute approximate surface area is 175 Å². The Morgan fingerprint density at radius 1 is 1.28 bits per heavy atom. The standard InChI is InChI=1S/C22H25ClN4O2/c1-15-10-16(2)27(25-15)14-21(28)26-9-4-3-8-20(26)22-24-13-19(29-22)12-17-6-5-7-18(23)11-17/h5-7,10-11,13,20H,3-4,8-9,12,14H2,1-2H3. The topological polar surface area (TPSA) is 64.2 Å². The van der Waals surface area contributed by atoms with E-state index >= 15 is 0 Å². The molecule has 7 heteroatoms. The van der Waals surface area contributed by atoms with Gasteiger partial charge in [0.1, 0.15) is 18.3 Å². The van der Waals surface area contributed by atoms with Gasteiger partial charge >= 0.3 is 0 Å². The summed E-state index contributed by atoms with van der Waals surface area (Å²) in [5.74, 6) is 1.44. The lowest BCUT2D eigenvalue weighted by molar-refractivity contribution is -0.136. The molecule has 6 nitrogen and oxygen atoms in total. The second-order valence-electron chi connectivity index (χ2n) is 7.65. The molecule has 1 aromatic carbocycles.